The molecule has 2 aliphatic rings. The average molecular weight is 267 g/mol. The fraction of sp³-hybridized carbons (Fsp3) is 0.800. The summed E-state index contributed by atoms with van der Waals surface area (Å²) in [6.45, 7) is 0. The van der Waals surface area contributed by atoms with Crippen LogP contribution in [0.1, 0.15) is 63.1 Å². The molecule has 0 bridgehead atoms. The summed E-state index contributed by atoms with van der Waals surface area (Å²) in [5.74, 6) is 0.758. The first kappa shape index (κ1) is 12.5. The number of aromatic nitrogens is 2. The molecule has 2 atom stereocenters. The van der Waals surface area contributed by atoms with Gasteiger partial charge >= 0.3 is 0 Å². The first-order chi connectivity index (χ1) is 8.81. The van der Waals surface area contributed by atoms with E-state index in [0.717, 1.165) is 12.3 Å². The molecule has 1 aromatic rings. The predicted octanol–water partition coefficient (Wildman–Crippen LogP) is 4.34. The van der Waals surface area contributed by atoms with Gasteiger partial charge in [-0.15, -0.1) is 11.6 Å². The molecule has 2 saturated carbocycles. The first-order valence-electron chi connectivity index (χ1n) is 7.49. The second kappa shape index (κ2) is 5.64. The van der Waals surface area contributed by atoms with E-state index in [2.05, 4.69) is 16.9 Å². The molecule has 0 spiro atoms. The van der Waals surface area contributed by atoms with Gasteiger partial charge in [0.2, 0.25) is 0 Å². The van der Waals surface area contributed by atoms with Crippen molar-refractivity contribution in [2.45, 2.75) is 69.2 Å². The van der Waals surface area contributed by atoms with Crippen LogP contribution in [0, 0.1) is 5.92 Å². The van der Waals surface area contributed by atoms with Gasteiger partial charge in [0.25, 0.3) is 0 Å². The lowest BCUT2D eigenvalue weighted by Crippen LogP contribution is -2.17. The molecular weight excluding hydrogens is 244 g/mol. The molecular formula is C15H23ClN2. The van der Waals surface area contributed by atoms with E-state index in [1.54, 1.807) is 0 Å². The molecule has 2 nitrogen and oxygen atoms in total. The third kappa shape index (κ3) is 2.90. The molecule has 1 heterocycles. The summed E-state index contributed by atoms with van der Waals surface area (Å²) < 4.78 is 2.21. The van der Waals surface area contributed by atoms with Gasteiger partial charge in [0, 0.05) is 11.6 Å². The van der Waals surface area contributed by atoms with Crippen LogP contribution in [-0.2, 0) is 6.42 Å². The van der Waals surface area contributed by atoms with E-state index in [4.69, 9.17) is 16.7 Å². The molecule has 2 unspecified atom stereocenters. The minimum absolute atomic E-state index is 0.403. The van der Waals surface area contributed by atoms with Gasteiger partial charge in [0.1, 0.15) is 0 Å². The van der Waals surface area contributed by atoms with E-state index in [1.165, 1.54) is 57.1 Å². The molecule has 100 valence electrons. The Kier molecular flexibility index (Phi) is 3.93. The number of rotatable bonds is 3. The maximum atomic E-state index is 6.26. The minimum atomic E-state index is 0.403. The van der Waals surface area contributed by atoms with Crippen LogP contribution in [0.4, 0.5) is 0 Å². The standard InChI is InChI=1S/C15H23ClN2/c16-13-5-3-4-12(10-13)11-14-8-9-18(17-14)15-6-1-2-7-15/h8-9,12-13,15H,1-7,10-11H2. The van der Waals surface area contributed by atoms with Crippen LogP contribution in [0.3, 0.4) is 0 Å². The zero-order valence-corrected chi connectivity index (χ0v) is 11.8. The summed E-state index contributed by atoms with van der Waals surface area (Å²) in [5.41, 5.74) is 1.28. The van der Waals surface area contributed by atoms with Gasteiger partial charge in [-0.25, -0.2) is 0 Å². The van der Waals surface area contributed by atoms with Gasteiger partial charge < -0.3 is 0 Å². The summed E-state index contributed by atoms with van der Waals surface area (Å²) in [7, 11) is 0. The van der Waals surface area contributed by atoms with Crippen molar-refractivity contribution in [1.82, 2.24) is 9.78 Å². The summed E-state index contributed by atoms with van der Waals surface area (Å²) in [6, 6.07) is 2.89. The van der Waals surface area contributed by atoms with Crippen LogP contribution in [0.25, 0.3) is 0 Å². The van der Waals surface area contributed by atoms with Gasteiger partial charge in [-0.2, -0.15) is 5.10 Å². The first-order valence-corrected chi connectivity index (χ1v) is 7.93. The molecule has 0 aromatic carbocycles. The Hall–Kier alpha value is -0.500. The number of nitrogens with zero attached hydrogens (tertiary/aromatic N) is 2. The van der Waals surface area contributed by atoms with E-state index in [0.29, 0.717) is 11.4 Å². The monoisotopic (exact) mass is 266 g/mol. The Labute approximate surface area is 115 Å². The average Bonchev–Trinajstić information content (AvgIpc) is 2.98. The van der Waals surface area contributed by atoms with Crippen LogP contribution in [0.5, 0.6) is 0 Å². The van der Waals surface area contributed by atoms with Crippen molar-refractivity contribution in [2.75, 3.05) is 0 Å². The fourth-order valence-corrected chi connectivity index (χ4v) is 3.97. The zero-order chi connectivity index (χ0) is 12.4. The van der Waals surface area contributed by atoms with E-state index < -0.39 is 0 Å². The van der Waals surface area contributed by atoms with Crippen LogP contribution in [0.15, 0.2) is 12.3 Å². The normalized spacial score (nSPS) is 29.8. The van der Waals surface area contributed by atoms with E-state index in [9.17, 15) is 0 Å². The van der Waals surface area contributed by atoms with Crippen LogP contribution < -0.4 is 0 Å². The van der Waals surface area contributed by atoms with Crippen molar-refractivity contribution in [3.63, 3.8) is 0 Å². The van der Waals surface area contributed by atoms with Gasteiger partial charge in [0.05, 0.1) is 11.7 Å². The zero-order valence-electron chi connectivity index (χ0n) is 11.0. The third-order valence-corrected chi connectivity index (χ3v) is 4.98. The largest absolute Gasteiger partial charge is 0.269 e. The van der Waals surface area contributed by atoms with E-state index in [-0.39, 0.29) is 0 Å². The van der Waals surface area contributed by atoms with Crippen molar-refractivity contribution >= 4 is 11.6 Å². The highest BCUT2D eigenvalue weighted by Gasteiger charge is 2.22. The number of halogens is 1. The van der Waals surface area contributed by atoms with Crippen molar-refractivity contribution in [3.8, 4) is 0 Å². The van der Waals surface area contributed by atoms with Gasteiger partial charge in [-0.05, 0) is 50.5 Å². The van der Waals surface area contributed by atoms with Crippen molar-refractivity contribution < 1.29 is 0 Å². The van der Waals surface area contributed by atoms with Gasteiger partial charge in [0.15, 0.2) is 0 Å². The molecule has 18 heavy (non-hydrogen) atoms. The van der Waals surface area contributed by atoms with Crippen LogP contribution in [-0.4, -0.2) is 15.2 Å². The smallest absolute Gasteiger partial charge is 0.0627 e. The summed E-state index contributed by atoms with van der Waals surface area (Å²) >= 11 is 6.26. The molecule has 2 aliphatic carbocycles. The van der Waals surface area contributed by atoms with Crippen molar-refractivity contribution in [2.24, 2.45) is 5.92 Å². The molecule has 3 heteroatoms. The van der Waals surface area contributed by atoms with E-state index >= 15 is 0 Å². The Morgan fingerprint density at radius 3 is 2.78 bits per heavy atom. The second-order valence-corrected chi connectivity index (χ2v) is 6.68. The molecule has 2 fully saturated rings. The van der Waals surface area contributed by atoms with Gasteiger partial charge in [-0.1, -0.05) is 19.3 Å². The molecule has 0 amide bonds. The summed E-state index contributed by atoms with van der Waals surface area (Å²) in [4.78, 5) is 0. The predicted molar refractivity (Wildman–Crippen MR) is 75.0 cm³/mol. The number of hydrogen-bond acceptors (Lipinski definition) is 1. The quantitative estimate of drug-likeness (QED) is 0.745. The highest BCUT2D eigenvalue weighted by atomic mass is 35.5. The van der Waals surface area contributed by atoms with Crippen LogP contribution in [0.2, 0.25) is 0 Å². The lowest BCUT2D eigenvalue weighted by Gasteiger charge is -2.24. The minimum Gasteiger partial charge on any atom is -0.269 e. The number of hydrogen-bond donors (Lipinski definition) is 0. The maximum Gasteiger partial charge on any atom is 0.0627 e. The Morgan fingerprint density at radius 1 is 1.17 bits per heavy atom. The highest BCUT2D eigenvalue weighted by Crippen LogP contribution is 2.31. The summed E-state index contributed by atoms with van der Waals surface area (Å²) in [5, 5.41) is 5.19. The molecule has 0 aliphatic heterocycles. The Bertz CT molecular complexity index is 382. The Morgan fingerprint density at radius 2 is 2.00 bits per heavy atom. The van der Waals surface area contributed by atoms with E-state index in [1.807, 2.05) is 0 Å². The second-order valence-electron chi connectivity index (χ2n) is 6.06. The SMILES string of the molecule is ClC1CCCC(Cc2ccn(C3CCCC3)n2)C1. The van der Waals surface area contributed by atoms with Gasteiger partial charge in [-0.3, -0.25) is 4.68 Å². The molecule has 1 aromatic heterocycles. The molecule has 0 radical (unpaired) electrons. The third-order valence-electron chi connectivity index (χ3n) is 4.58. The maximum absolute atomic E-state index is 6.26. The lowest BCUT2D eigenvalue weighted by atomic mass is 9.86. The van der Waals surface area contributed by atoms with Crippen molar-refractivity contribution in [1.29, 1.82) is 0 Å². The molecule has 0 N–H and O–H groups in total. The summed E-state index contributed by atoms with van der Waals surface area (Å²) in [6.07, 6.45) is 13.7. The topological polar surface area (TPSA) is 17.8 Å². The van der Waals surface area contributed by atoms with Crippen LogP contribution >= 0.6 is 11.6 Å². The number of alkyl halides is 1. The fourth-order valence-electron chi connectivity index (χ4n) is 3.56. The van der Waals surface area contributed by atoms with Crippen molar-refractivity contribution in [3.05, 3.63) is 18.0 Å². The Balaban J connectivity index is 1.59. The molecule has 3 rings (SSSR count). The lowest BCUT2D eigenvalue weighted by molar-refractivity contribution is 0.356. The molecule has 0 saturated heterocycles. The highest BCUT2D eigenvalue weighted by molar-refractivity contribution is 6.20.